The van der Waals surface area contributed by atoms with Gasteiger partial charge in [-0.3, -0.25) is 9.69 Å². The molecular formula is C23H35N3O5. The Morgan fingerprint density at radius 3 is 2.55 bits per heavy atom. The van der Waals surface area contributed by atoms with Gasteiger partial charge >= 0.3 is 6.09 Å². The van der Waals surface area contributed by atoms with E-state index in [1.54, 1.807) is 4.90 Å². The number of amides is 2. The number of carbonyl (C=O) groups is 2. The zero-order valence-electron chi connectivity index (χ0n) is 19.3. The summed E-state index contributed by atoms with van der Waals surface area (Å²) in [6.07, 6.45) is 0.560. The minimum Gasteiger partial charge on any atom is -0.483 e. The molecule has 1 fully saturated rings. The number of nitrogens with zero attached hydrogens (tertiary/aromatic N) is 2. The third kappa shape index (κ3) is 6.75. The largest absolute Gasteiger partial charge is 0.483 e. The fourth-order valence-corrected chi connectivity index (χ4v) is 3.73. The molecule has 8 heteroatoms. The molecule has 0 bridgehead atoms. The molecule has 1 aromatic rings. The van der Waals surface area contributed by atoms with E-state index in [0.29, 0.717) is 25.4 Å². The molecule has 2 amide bonds. The van der Waals surface area contributed by atoms with Crippen LogP contribution in [0.5, 0.6) is 11.5 Å². The lowest BCUT2D eigenvalue weighted by Crippen LogP contribution is -2.51. The predicted octanol–water partition coefficient (Wildman–Crippen LogP) is 2.45. The Bertz CT molecular complexity index is 795. The highest BCUT2D eigenvalue weighted by Crippen LogP contribution is 2.41. The van der Waals surface area contributed by atoms with Crippen molar-refractivity contribution in [3.8, 4) is 11.5 Å². The van der Waals surface area contributed by atoms with Crippen molar-refractivity contribution in [3.63, 3.8) is 0 Å². The molecule has 0 aliphatic carbocycles. The van der Waals surface area contributed by atoms with Crippen LogP contribution in [0.15, 0.2) is 18.2 Å². The van der Waals surface area contributed by atoms with Crippen LogP contribution in [-0.4, -0.2) is 78.9 Å². The summed E-state index contributed by atoms with van der Waals surface area (Å²) in [4.78, 5) is 28.3. The average Bonchev–Trinajstić information content (AvgIpc) is 3.00. The van der Waals surface area contributed by atoms with Crippen molar-refractivity contribution < 1.29 is 23.8 Å². The number of hydrogen-bond donors (Lipinski definition) is 1. The van der Waals surface area contributed by atoms with Gasteiger partial charge < -0.3 is 24.4 Å². The summed E-state index contributed by atoms with van der Waals surface area (Å²) in [5, 5.41) is 2.90. The van der Waals surface area contributed by atoms with E-state index in [0.717, 1.165) is 37.4 Å². The van der Waals surface area contributed by atoms with Gasteiger partial charge in [0.1, 0.15) is 11.2 Å². The minimum absolute atomic E-state index is 0.0489. The Morgan fingerprint density at radius 1 is 1.16 bits per heavy atom. The van der Waals surface area contributed by atoms with Crippen LogP contribution in [0.2, 0.25) is 0 Å². The fourth-order valence-electron chi connectivity index (χ4n) is 3.73. The van der Waals surface area contributed by atoms with E-state index < -0.39 is 5.60 Å². The monoisotopic (exact) mass is 433 g/mol. The van der Waals surface area contributed by atoms with Crippen LogP contribution in [0, 0.1) is 0 Å². The lowest BCUT2D eigenvalue weighted by atomic mass is 10.0. The average molecular weight is 434 g/mol. The highest BCUT2D eigenvalue weighted by molar-refractivity contribution is 5.77. The van der Waals surface area contributed by atoms with E-state index in [2.05, 4.69) is 10.2 Å². The number of para-hydroxylation sites is 1. The first kappa shape index (κ1) is 23.2. The number of fused-ring (bicyclic) bond motifs is 1. The third-order valence-corrected chi connectivity index (χ3v) is 5.19. The van der Waals surface area contributed by atoms with E-state index in [1.165, 1.54) is 0 Å². The number of carbonyl (C=O) groups excluding carboxylic acids is 2. The van der Waals surface area contributed by atoms with Gasteiger partial charge in [0, 0.05) is 51.3 Å². The maximum atomic E-state index is 12.2. The van der Waals surface area contributed by atoms with E-state index in [4.69, 9.17) is 14.2 Å². The SMILES string of the molecule is CC(C)(C)OC(=O)N1CCN(CCNC(=O)COc2cccc3c2OC(C)(C)C3)CC1. The smallest absolute Gasteiger partial charge is 0.410 e. The van der Waals surface area contributed by atoms with Crippen LogP contribution in [0.3, 0.4) is 0 Å². The van der Waals surface area contributed by atoms with Crippen LogP contribution in [-0.2, 0) is 16.0 Å². The second-order valence-electron chi connectivity index (χ2n) is 9.73. The summed E-state index contributed by atoms with van der Waals surface area (Å²) in [6, 6.07) is 5.78. The Balaban J connectivity index is 1.34. The molecule has 0 radical (unpaired) electrons. The second kappa shape index (κ2) is 9.34. The quantitative estimate of drug-likeness (QED) is 0.742. The molecule has 1 N–H and O–H groups in total. The summed E-state index contributed by atoms with van der Waals surface area (Å²) < 4.78 is 17.1. The van der Waals surface area contributed by atoms with Gasteiger partial charge in [0.25, 0.3) is 5.91 Å². The molecule has 1 aromatic carbocycles. The zero-order valence-corrected chi connectivity index (χ0v) is 19.3. The van der Waals surface area contributed by atoms with Gasteiger partial charge in [-0.05, 0) is 40.7 Å². The van der Waals surface area contributed by atoms with Crippen LogP contribution in [0.1, 0.15) is 40.2 Å². The van der Waals surface area contributed by atoms with Gasteiger partial charge in [-0.25, -0.2) is 4.79 Å². The standard InChI is InChI=1S/C23H35N3O5/c1-22(2,3)31-21(28)26-13-11-25(12-14-26)10-9-24-19(27)16-29-18-8-6-7-17-15-23(4,5)30-20(17)18/h6-8H,9-16H2,1-5H3,(H,24,27). The third-order valence-electron chi connectivity index (χ3n) is 5.19. The number of rotatable bonds is 6. The molecular weight excluding hydrogens is 398 g/mol. The second-order valence-corrected chi connectivity index (χ2v) is 9.73. The van der Waals surface area contributed by atoms with E-state index in [1.807, 2.05) is 52.8 Å². The Morgan fingerprint density at radius 2 is 1.87 bits per heavy atom. The highest BCUT2D eigenvalue weighted by atomic mass is 16.6. The number of nitrogens with one attached hydrogen (secondary N) is 1. The zero-order chi connectivity index (χ0) is 22.6. The summed E-state index contributed by atoms with van der Waals surface area (Å²) in [6.45, 7) is 13.7. The van der Waals surface area contributed by atoms with Crippen LogP contribution in [0.4, 0.5) is 4.79 Å². The summed E-state index contributed by atoms with van der Waals surface area (Å²) >= 11 is 0. The number of hydrogen-bond acceptors (Lipinski definition) is 6. The Labute approximate surface area is 184 Å². The van der Waals surface area contributed by atoms with E-state index in [9.17, 15) is 9.59 Å². The maximum absolute atomic E-state index is 12.2. The van der Waals surface area contributed by atoms with Crippen molar-refractivity contribution in [2.45, 2.75) is 52.2 Å². The van der Waals surface area contributed by atoms with E-state index >= 15 is 0 Å². The topological polar surface area (TPSA) is 80.3 Å². The molecule has 172 valence electrons. The van der Waals surface area contributed by atoms with Crippen molar-refractivity contribution >= 4 is 12.0 Å². The van der Waals surface area contributed by atoms with Crippen molar-refractivity contribution in [2.24, 2.45) is 0 Å². The van der Waals surface area contributed by atoms with Crippen LogP contribution in [0.25, 0.3) is 0 Å². The molecule has 0 spiro atoms. The Kier molecular flexibility index (Phi) is 6.99. The molecule has 0 unspecified atom stereocenters. The molecule has 1 saturated heterocycles. The van der Waals surface area contributed by atoms with Gasteiger partial charge in [0.15, 0.2) is 18.1 Å². The molecule has 3 rings (SSSR count). The van der Waals surface area contributed by atoms with Crippen molar-refractivity contribution in [2.75, 3.05) is 45.9 Å². The highest BCUT2D eigenvalue weighted by Gasteiger charge is 2.32. The Hall–Kier alpha value is -2.48. The van der Waals surface area contributed by atoms with Gasteiger partial charge in [-0.2, -0.15) is 0 Å². The number of ether oxygens (including phenoxy) is 3. The lowest BCUT2D eigenvalue weighted by Gasteiger charge is -2.35. The number of piperazine rings is 1. The number of benzene rings is 1. The van der Waals surface area contributed by atoms with Gasteiger partial charge in [-0.1, -0.05) is 12.1 Å². The van der Waals surface area contributed by atoms with Gasteiger partial charge in [-0.15, -0.1) is 0 Å². The first-order valence-corrected chi connectivity index (χ1v) is 10.9. The molecule has 0 saturated carbocycles. The first-order valence-electron chi connectivity index (χ1n) is 10.9. The molecule has 2 aliphatic rings. The molecule has 0 atom stereocenters. The molecule has 0 aromatic heterocycles. The molecule has 8 nitrogen and oxygen atoms in total. The van der Waals surface area contributed by atoms with Crippen LogP contribution < -0.4 is 14.8 Å². The normalized spacial score (nSPS) is 18.2. The fraction of sp³-hybridized carbons (Fsp3) is 0.652. The molecule has 2 aliphatic heterocycles. The van der Waals surface area contributed by atoms with Crippen molar-refractivity contribution in [1.29, 1.82) is 0 Å². The van der Waals surface area contributed by atoms with Gasteiger partial charge in [0.05, 0.1) is 0 Å². The predicted molar refractivity (Wildman–Crippen MR) is 118 cm³/mol. The summed E-state index contributed by atoms with van der Waals surface area (Å²) in [5.41, 5.74) is 0.369. The van der Waals surface area contributed by atoms with E-state index in [-0.39, 0.29) is 24.2 Å². The molecule has 2 heterocycles. The van der Waals surface area contributed by atoms with Crippen molar-refractivity contribution in [1.82, 2.24) is 15.1 Å². The maximum Gasteiger partial charge on any atom is 0.410 e. The van der Waals surface area contributed by atoms with Crippen LogP contribution >= 0.6 is 0 Å². The first-order chi connectivity index (χ1) is 14.5. The lowest BCUT2D eigenvalue weighted by molar-refractivity contribution is -0.123. The summed E-state index contributed by atoms with van der Waals surface area (Å²) in [7, 11) is 0. The van der Waals surface area contributed by atoms with Gasteiger partial charge in [0.2, 0.25) is 0 Å². The minimum atomic E-state index is -0.483. The molecule has 31 heavy (non-hydrogen) atoms. The summed E-state index contributed by atoms with van der Waals surface area (Å²) in [5.74, 6) is 1.18. The van der Waals surface area contributed by atoms with Crippen molar-refractivity contribution in [3.05, 3.63) is 23.8 Å².